The van der Waals surface area contributed by atoms with Crippen molar-refractivity contribution in [2.24, 2.45) is 5.10 Å². The Balaban J connectivity index is 1.77. The molecule has 2 heterocycles. The monoisotopic (exact) mass is 302 g/mol. The van der Waals surface area contributed by atoms with E-state index in [0.717, 1.165) is 0 Å². The summed E-state index contributed by atoms with van der Waals surface area (Å²) in [5.74, 6) is -1.42. The highest BCUT2D eigenvalue weighted by atomic mass is 16.6. The summed E-state index contributed by atoms with van der Waals surface area (Å²) in [7, 11) is 0. The fourth-order valence-electron chi connectivity index (χ4n) is 2.25. The third-order valence-corrected chi connectivity index (χ3v) is 3.41. The largest absolute Gasteiger partial charge is 0.463 e. The van der Waals surface area contributed by atoms with E-state index in [2.05, 4.69) is 5.10 Å². The number of carbonyl (C=O) groups is 3. The maximum atomic E-state index is 12.1. The lowest BCUT2D eigenvalue weighted by Gasteiger charge is -2.23. The summed E-state index contributed by atoms with van der Waals surface area (Å²) in [5, 5.41) is 5.26. The van der Waals surface area contributed by atoms with E-state index in [4.69, 9.17) is 9.47 Å². The number of benzene rings is 1. The van der Waals surface area contributed by atoms with Crippen molar-refractivity contribution in [1.29, 1.82) is 0 Å². The third-order valence-electron chi connectivity index (χ3n) is 3.41. The summed E-state index contributed by atoms with van der Waals surface area (Å²) in [6.07, 6.45) is -0.169. The summed E-state index contributed by atoms with van der Waals surface area (Å²) < 4.78 is 9.84. The van der Waals surface area contributed by atoms with E-state index in [0.29, 0.717) is 12.1 Å². The van der Waals surface area contributed by atoms with Gasteiger partial charge in [-0.15, -0.1) is 0 Å². The fourth-order valence-corrected chi connectivity index (χ4v) is 2.25. The number of amides is 1. The molecule has 22 heavy (non-hydrogen) atoms. The Morgan fingerprint density at radius 3 is 2.68 bits per heavy atom. The van der Waals surface area contributed by atoms with E-state index < -0.39 is 18.0 Å². The van der Waals surface area contributed by atoms with Crippen molar-refractivity contribution in [2.45, 2.75) is 25.4 Å². The molecule has 1 aromatic carbocycles. The van der Waals surface area contributed by atoms with Gasteiger partial charge in [0.05, 0.1) is 12.3 Å². The summed E-state index contributed by atoms with van der Waals surface area (Å²) in [4.78, 5) is 35.4. The molecule has 0 N–H and O–H groups in total. The molecule has 0 saturated carbocycles. The van der Waals surface area contributed by atoms with Crippen LogP contribution in [0.4, 0.5) is 5.69 Å². The van der Waals surface area contributed by atoms with E-state index in [1.54, 1.807) is 24.3 Å². The zero-order valence-corrected chi connectivity index (χ0v) is 11.7. The van der Waals surface area contributed by atoms with Gasteiger partial charge in [-0.25, -0.2) is 14.6 Å². The summed E-state index contributed by atoms with van der Waals surface area (Å²) in [6.45, 7) is 0.248. The standard InChI is InChI=1S/C15H14N2O5/c18-13-7-6-11(14(19)22-12-8-9-21-15(12)20)16-17(13)10-4-2-1-3-5-10/h1-5,12H,6-9H2. The molecule has 1 amide bonds. The molecule has 3 rings (SSSR count). The van der Waals surface area contributed by atoms with Crippen LogP contribution >= 0.6 is 0 Å². The minimum atomic E-state index is -0.877. The Kier molecular flexibility index (Phi) is 3.86. The van der Waals surface area contributed by atoms with Crippen LogP contribution in [0.15, 0.2) is 35.4 Å². The average Bonchev–Trinajstić information content (AvgIpc) is 2.93. The van der Waals surface area contributed by atoms with Gasteiger partial charge in [-0.1, -0.05) is 18.2 Å². The Hall–Kier alpha value is -2.70. The minimum Gasteiger partial charge on any atom is -0.463 e. The predicted molar refractivity (Wildman–Crippen MR) is 76.1 cm³/mol. The maximum absolute atomic E-state index is 12.1. The highest BCUT2D eigenvalue weighted by Crippen LogP contribution is 2.20. The predicted octanol–water partition coefficient (Wildman–Crippen LogP) is 1.03. The molecule has 0 aliphatic carbocycles. The molecule has 2 aliphatic rings. The van der Waals surface area contributed by atoms with Gasteiger partial charge in [0.1, 0.15) is 5.71 Å². The molecule has 2 aliphatic heterocycles. The third kappa shape index (κ3) is 2.83. The Labute approximate surface area is 126 Å². The first-order valence-corrected chi connectivity index (χ1v) is 6.98. The van der Waals surface area contributed by atoms with Crippen LogP contribution in [-0.2, 0) is 23.9 Å². The van der Waals surface area contributed by atoms with Crippen molar-refractivity contribution in [2.75, 3.05) is 11.6 Å². The van der Waals surface area contributed by atoms with E-state index in [1.165, 1.54) is 5.01 Å². The number of nitrogens with zero attached hydrogens (tertiary/aromatic N) is 2. The highest BCUT2D eigenvalue weighted by Gasteiger charge is 2.33. The van der Waals surface area contributed by atoms with Gasteiger partial charge in [0.15, 0.2) is 0 Å². The lowest BCUT2D eigenvalue weighted by molar-refractivity contribution is -0.155. The highest BCUT2D eigenvalue weighted by molar-refractivity contribution is 6.38. The van der Waals surface area contributed by atoms with Crippen molar-refractivity contribution in [3.8, 4) is 0 Å². The molecule has 7 nitrogen and oxygen atoms in total. The van der Waals surface area contributed by atoms with Crippen molar-refractivity contribution >= 4 is 29.2 Å². The number of cyclic esters (lactones) is 1. The van der Waals surface area contributed by atoms with E-state index >= 15 is 0 Å². The Morgan fingerprint density at radius 1 is 1.23 bits per heavy atom. The zero-order valence-electron chi connectivity index (χ0n) is 11.7. The number of anilines is 1. The molecule has 1 atom stereocenters. The molecular formula is C15H14N2O5. The van der Waals surface area contributed by atoms with Crippen molar-refractivity contribution < 1.29 is 23.9 Å². The average molecular weight is 302 g/mol. The molecule has 1 unspecified atom stereocenters. The molecular weight excluding hydrogens is 288 g/mol. The summed E-state index contributed by atoms with van der Waals surface area (Å²) >= 11 is 0. The van der Waals surface area contributed by atoms with Gasteiger partial charge < -0.3 is 9.47 Å². The fraction of sp³-hybridized carbons (Fsp3) is 0.333. The molecule has 0 radical (unpaired) electrons. The quantitative estimate of drug-likeness (QED) is 0.778. The van der Waals surface area contributed by atoms with Gasteiger partial charge >= 0.3 is 11.9 Å². The molecule has 0 bridgehead atoms. The van der Waals surface area contributed by atoms with Gasteiger partial charge in [-0.2, -0.15) is 5.10 Å². The second-order valence-electron chi connectivity index (χ2n) is 4.94. The molecule has 114 valence electrons. The van der Waals surface area contributed by atoms with Gasteiger partial charge in [0.2, 0.25) is 12.0 Å². The van der Waals surface area contributed by atoms with E-state index in [9.17, 15) is 14.4 Å². The van der Waals surface area contributed by atoms with Gasteiger partial charge in [0.25, 0.3) is 0 Å². The van der Waals surface area contributed by atoms with Crippen LogP contribution < -0.4 is 5.01 Å². The van der Waals surface area contributed by atoms with Crippen molar-refractivity contribution in [3.63, 3.8) is 0 Å². The molecule has 1 saturated heterocycles. The SMILES string of the molecule is O=C(OC1CCOC1=O)C1=NN(c2ccccc2)C(=O)CC1. The van der Waals surface area contributed by atoms with Crippen LogP contribution in [-0.4, -0.2) is 36.3 Å². The van der Waals surface area contributed by atoms with E-state index in [-0.39, 0.29) is 31.1 Å². The van der Waals surface area contributed by atoms with Crippen molar-refractivity contribution in [3.05, 3.63) is 30.3 Å². The second-order valence-corrected chi connectivity index (χ2v) is 4.94. The van der Waals surface area contributed by atoms with Crippen LogP contribution in [0.3, 0.4) is 0 Å². The van der Waals surface area contributed by atoms with Crippen LogP contribution in [0.5, 0.6) is 0 Å². The smallest absolute Gasteiger partial charge is 0.355 e. The lowest BCUT2D eigenvalue weighted by atomic mass is 10.1. The van der Waals surface area contributed by atoms with Crippen LogP contribution in [0, 0.1) is 0 Å². The first-order valence-electron chi connectivity index (χ1n) is 6.98. The van der Waals surface area contributed by atoms with Crippen LogP contribution in [0.2, 0.25) is 0 Å². The normalized spacial score (nSPS) is 21.4. The van der Waals surface area contributed by atoms with Crippen LogP contribution in [0.25, 0.3) is 0 Å². The molecule has 1 fully saturated rings. The summed E-state index contributed by atoms with van der Waals surface area (Å²) in [5.41, 5.74) is 0.709. The Morgan fingerprint density at radius 2 is 2.00 bits per heavy atom. The number of ether oxygens (including phenoxy) is 2. The van der Waals surface area contributed by atoms with Crippen LogP contribution in [0.1, 0.15) is 19.3 Å². The van der Waals surface area contributed by atoms with Gasteiger partial charge in [-0.05, 0) is 12.1 Å². The number of para-hydroxylation sites is 1. The summed E-state index contributed by atoms with van der Waals surface area (Å²) in [6, 6.07) is 8.83. The number of hydrogen-bond donors (Lipinski definition) is 0. The molecule has 1 aromatic rings. The topological polar surface area (TPSA) is 85.3 Å². The minimum absolute atomic E-state index is 0.128. The maximum Gasteiger partial charge on any atom is 0.355 e. The number of carbonyl (C=O) groups excluding carboxylic acids is 3. The van der Waals surface area contributed by atoms with Gasteiger partial charge in [-0.3, -0.25) is 4.79 Å². The van der Waals surface area contributed by atoms with Crippen molar-refractivity contribution in [1.82, 2.24) is 0 Å². The molecule has 0 spiro atoms. The lowest BCUT2D eigenvalue weighted by Crippen LogP contribution is -2.36. The van der Waals surface area contributed by atoms with E-state index in [1.807, 2.05) is 6.07 Å². The zero-order chi connectivity index (χ0) is 15.5. The molecule has 0 aromatic heterocycles. The number of esters is 2. The molecule has 7 heteroatoms. The first-order chi connectivity index (χ1) is 10.6. The first kappa shape index (κ1) is 14.2. The number of hydrazone groups is 1. The Bertz CT molecular complexity index is 641. The number of hydrogen-bond acceptors (Lipinski definition) is 6. The van der Waals surface area contributed by atoms with Gasteiger partial charge in [0, 0.05) is 19.3 Å². The second kappa shape index (κ2) is 5.97. The number of rotatable bonds is 3.